The van der Waals surface area contributed by atoms with E-state index < -0.39 is 0 Å². The summed E-state index contributed by atoms with van der Waals surface area (Å²) >= 11 is 4.82. The first-order valence-corrected chi connectivity index (χ1v) is 6.20. The second-order valence-electron chi connectivity index (χ2n) is 4.08. The molecule has 0 heterocycles. The number of hydrogen-bond acceptors (Lipinski definition) is 4. The fourth-order valence-electron chi connectivity index (χ4n) is 1.51. The molecule has 6 heteroatoms. The van der Waals surface area contributed by atoms with Crippen LogP contribution in [0.15, 0.2) is 0 Å². The van der Waals surface area contributed by atoms with Gasteiger partial charge in [-0.25, -0.2) is 0 Å². The van der Waals surface area contributed by atoms with E-state index in [2.05, 4.69) is 0 Å². The average Bonchev–Trinajstić information content (AvgIpc) is 3.08. The summed E-state index contributed by atoms with van der Waals surface area (Å²) < 4.78 is 10.1. The number of nitrogens with two attached hydrogens (primary N) is 1. The van der Waals surface area contributed by atoms with E-state index in [1.165, 1.54) is 0 Å². The molecular formula is C11H20N2O3S. The molecule has 1 fully saturated rings. The van der Waals surface area contributed by atoms with Crippen LogP contribution in [-0.2, 0) is 14.3 Å². The largest absolute Gasteiger partial charge is 0.393 e. The molecule has 0 spiro atoms. The van der Waals surface area contributed by atoms with Crippen LogP contribution in [-0.4, -0.2) is 55.3 Å². The molecular weight excluding hydrogens is 240 g/mol. The van der Waals surface area contributed by atoms with Crippen molar-refractivity contribution in [2.24, 2.45) is 5.73 Å². The Morgan fingerprint density at radius 3 is 2.71 bits per heavy atom. The number of ether oxygens (including phenoxy) is 2. The van der Waals surface area contributed by atoms with Gasteiger partial charge in [0.05, 0.1) is 18.2 Å². The number of hydrogen-bond donors (Lipinski definition) is 1. The quantitative estimate of drug-likeness (QED) is 0.478. The third kappa shape index (κ3) is 5.95. The van der Waals surface area contributed by atoms with Crippen molar-refractivity contribution in [1.29, 1.82) is 0 Å². The molecule has 0 aromatic rings. The van der Waals surface area contributed by atoms with Gasteiger partial charge in [0.1, 0.15) is 6.61 Å². The van der Waals surface area contributed by atoms with Crippen molar-refractivity contribution in [2.45, 2.75) is 25.3 Å². The van der Waals surface area contributed by atoms with Gasteiger partial charge in [-0.05, 0) is 12.8 Å². The topological polar surface area (TPSA) is 64.8 Å². The summed E-state index contributed by atoms with van der Waals surface area (Å²) in [6.07, 6.45) is 2.72. The van der Waals surface area contributed by atoms with Crippen molar-refractivity contribution >= 4 is 23.1 Å². The SMILES string of the molecule is COCCOCC(=O)N(CCC(N)=S)C1CC1. The first kappa shape index (κ1) is 14.3. The zero-order chi connectivity index (χ0) is 12.7. The molecule has 0 aromatic heterocycles. The lowest BCUT2D eigenvalue weighted by molar-refractivity contribution is -0.137. The summed E-state index contributed by atoms with van der Waals surface area (Å²) in [5.74, 6) is 0.0138. The molecule has 98 valence electrons. The molecule has 0 aromatic carbocycles. The van der Waals surface area contributed by atoms with E-state index in [1.54, 1.807) is 7.11 Å². The Hall–Kier alpha value is -0.720. The van der Waals surface area contributed by atoms with Crippen molar-refractivity contribution in [2.75, 3.05) is 33.5 Å². The van der Waals surface area contributed by atoms with E-state index in [-0.39, 0.29) is 12.5 Å². The third-order valence-corrected chi connectivity index (χ3v) is 2.77. The lowest BCUT2D eigenvalue weighted by Gasteiger charge is -2.22. The fraction of sp³-hybridized carbons (Fsp3) is 0.818. The van der Waals surface area contributed by atoms with E-state index in [0.29, 0.717) is 37.2 Å². The van der Waals surface area contributed by atoms with Gasteiger partial charge in [-0.15, -0.1) is 0 Å². The molecule has 1 aliphatic carbocycles. The van der Waals surface area contributed by atoms with Crippen molar-refractivity contribution in [3.8, 4) is 0 Å². The smallest absolute Gasteiger partial charge is 0.248 e. The minimum atomic E-state index is 0.0138. The standard InChI is InChI=1S/C11H20N2O3S/c1-15-6-7-16-8-11(14)13(9-2-3-9)5-4-10(12)17/h9H,2-8H2,1H3,(H2,12,17). The fourth-order valence-corrected chi connectivity index (χ4v) is 1.60. The molecule has 1 rings (SSSR count). The Bertz CT molecular complexity index is 269. The first-order chi connectivity index (χ1) is 8.15. The summed E-state index contributed by atoms with van der Waals surface area (Å²) in [6, 6.07) is 0.364. The maximum Gasteiger partial charge on any atom is 0.248 e. The Kier molecular flexibility index (Phi) is 6.39. The summed E-state index contributed by atoms with van der Waals surface area (Å²) in [5, 5.41) is 0. The molecule has 1 amide bonds. The zero-order valence-electron chi connectivity index (χ0n) is 10.2. The molecule has 2 N–H and O–H groups in total. The summed E-state index contributed by atoms with van der Waals surface area (Å²) in [5.41, 5.74) is 5.45. The van der Waals surface area contributed by atoms with Gasteiger partial charge in [0.15, 0.2) is 0 Å². The molecule has 17 heavy (non-hydrogen) atoms. The first-order valence-electron chi connectivity index (χ1n) is 5.79. The van der Waals surface area contributed by atoms with Gasteiger partial charge >= 0.3 is 0 Å². The minimum Gasteiger partial charge on any atom is -0.393 e. The van der Waals surface area contributed by atoms with Gasteiger partial charge in [-0.3, -0.25) is 4.79 Å². The summed E-state index contributed by atoms with van der Waals surface area (Å²) in [7, 11) is 1.60. The van der Waals surface area contributed by atoms with E-state index >= 15 is 0 Å². The van der Waals surface area contributed by atoms with Crippen molar-refractivity contribution < 1.29 is 14.3 Å². The molecule has 1 saturated carbocycles. The number of amides is 1. The van der Waals surface area contributed by atoms with Crippen LogP contribution in [0.3, 0.4) is 0 Å². The van der Waals surface area contributed by atoms with Crippen LogP contribution < -0.4 is 5.73 Å². The lowest BCUT2D eigenvalue weighted by atomic mass is 10.3. The maximum absolute atomic E-state index is 11.9. The predicted octanol–water partition coefficient (Wildman–Crippen LogP) is 0.317. The number of carbonyl (C=O) groups excluding carboxylic acids is 1. The number of nitrogens with zero attached hydrogens (tertiary/aromatic N) is 1. The molecule has 0 radical (unpaired) electrons. The van der Waals surface area contributed by atoms with Crippen molar-refractivity contribution in [3.05, 3.63) is 0 Å². The second kappa shape index (κ2) is 7.58. The Balaban J connectivity index is 2.25. The Morgan fingerprint density at radius 1 is 1.47 bits per heavy atom. The lowest BCUT2D eigenvalue weighted by Crippen LogP contribution is -2.38. The van der Waals surface area contributed by atoms with Crippen molar-refractivity contribution in [3.63, 3.8) is 0 Å². The zero-order valence-corrected chi connectivity index (χ0v) is 11.0. The van der Waals surface area contributed by atoms with Crippen molar-refractivity contribution in [1.82, 2.24) is 4.90 Å². The average molecular weight is 260 g/mol. The Labute approximate surface area is 107 Å². The monoisotopic (exact) mass is 260 g/mol. The molecule has 0 saturated heterocycles. The maximum atomic E-state index is 11.9. The minimum absolute atomic E-state index is 0.0138. The van der Waals surface area contributed by atoms with E-state index in [4.69, 9.17) is 27.4 Å². The van der Waals surface area contributed by atoms with Gasteiger partial charge < -0.3 is 20.1 Å². The predicted molar refractivity (Wildman–Crippen MR) is 68.8 cm³/mol. The molecule has 0 atom stereocenters. The number of methoxy groups -OCH3 is 1. The normalized spacial score (nSPS) is 14.6. The van der Waals surface area contributed by atoms with E-state index in [0.717, 1.165) is 12.8 Å². The van der Waals surface area contributed by atoms with Gasteiger partial charge in [-0.1, -0.05) is 12.2 Å². The second-order valence-corrected chi connectivity index (χ2v) is 4.60. The molecule has 0 bridgehead atoms. The van der Waals surface area contributed by atoms with Crippen LogP contribution in [0.2, 0.25) is 0 Å². The van der Waals surface area contributed by atoms with Gasteiger partial charge in [0.25, 0.3) is 0 Å². The summed E-state index contributed by atoms with van der Waals surface area (Å²) in [4.78, 5) is 14.1. The van der Waals surface area contributed by atoms with E-state index in [1.807, 2.05) is 4.90 Å². The number of thiocarbonyl (C=S) groups is 1. The van der Waals surface area contributed by atoms with Crippen LogP contribution in [0.25, 0.3) is 0 Å². The van der Waals surface area contributed by atoms with Crippen LogP contribution in [0.5, 0.6) is 0 Å². The van der Waals surface area contributed by atoms with Crippen LogP contribution >= 0.6 is 12.2 Å². The number of rotatable bonds is 9. The third-order valence-electron chi connectivity index (χ3n) is 2.56. The van der Waals surface area contributed by atoms with Gasteiger partial charge in [0.2, 0.25) is 5.91 Å². The van der Waals surface area contributed by atoms with Crippen LogP contribution in [0.4, 0.5) is 0 Å². The molecule has 0 aliphatic heterocycles. The highest BCUT2D eigenvalue weighted by Crippen LogP contribution is 2.27. The highest BCUT2D eigenvalue weighted by molar-refractivity contribution is 7.80. The van der Waals surface area contributed by atoms with E-state index in [9.17, 15) is 4.79 Å². The van der Waals surface area contributed by atoms with Gasteiger partial charge in [-0.2, -0.15) is 0 Å². The molecule has 1 aliphatic rings. The Morgan fingerprint density at radius 2 is 2.18 bits per heavy atom. The summed E-state index contributed by atoms with van der Waals surface area (Å²) in [6.45, 7) is 1.66. The highest BCUT2D eigenvalue weighted by atomic mass is 32.1. The molecule has 5 nitrogen and oxygen atoms in total. The van der Waals surface area contributed by atoms with Crippen LogP contribution in [0.1, 0.15) is 19.3 Å². The van der Waals surface area contributed by atoms with Crippen LogP contribution in [0, 0.1) is 0 Å². The molecule has 0 unspecified atom stereocenters. The number of carbonyl (C=O) groups is 1. The van der Waals surface area contributed by atoms with Gasteiger partial charge in [0, 0.05) is 26.1 Å². The highest BCUT2D eigenvalue weighted by Gasteiger charge is 2.32.